The van der Waals surface area contributed by atoms with Crippen LogP contribution >= 0.6 is 15.9 Å². The van der Waals surface area contributed by atoms with Crippen LogP contribution in [0.1, 0.15) is 23.6 Å². The van der Waals surface area contributed by atoms with E-state index < -0.39 is 0 Å². The van der Waals surface area contributed by atoms with Crippen molar-refractivity contribution in [1.82, 2.24) is 0 Å². The summed E-state index contributed by atoms with van der Waals surface area (Å²) >= 11 is 3.36. The molecular formula is C16H14BrNO. The summed E-state index contributed by atoms with van der Waals surface area (Å²) in [6.07, 6.45) is 0.980. The fourth-order valence-corrected chi connectivity index (χ4v) is 2.20. The molecule has 0 bridgehead atoms. The van der Waals surface area contributed by atoms with E-state index in [2.05, 4.69) is 47.1 Å². The van der Waals surface area contributed by atoms with Crippen LogP contribution in [0.15, 0.2) is 40.9 Å². The molecule has 0 aliphatic heterocycles. The Morgan fingerprint density at radius 1 is 1.21 bits per heavy atom. The molecule has 0 radical (unpaired) electrons. The molecule has 2 rings (SSSR count). The highest BCUT2D eigenvalue weighted by molar-refractivity contribution is 9.10. The van der Waals surface area contributed by atoms with Gasteiger partial charge in [0.1, 0.15) is 17.6 Å². The lowest BCUT2D eigenvalue weighted by Crippen LogP contribution is -1.90. The molecular weight excluding hydrogens is 302 g/mol. The minimum absolute atomic E-state index is 0.603. The molecule has 19 heavy (non-hydrogen) atoms. The third kappa shape index (κ3) is 3.15. The van der Waals surface area contributed by atoms with Crippen molar-refractivity contribution < 1.29 is 4.74 Å². The van der Waals surface area contributed by atoms with Gasteiger partial charge in [-0.15, -0.1) is 0 Å². The Bertz CT molecular complexity index is 644. The first-order valence-corrected chi connectivity index (χ1v) is 6.90. The number of hydrogen-bond acceptors (Lipinski definition) is 2. The van der Waals surface area contributed by atoms with Crippen LogP contribution in [0.4, 0.5) is 0 Å². The monoisotopic (exact) mass is 315 g/mol. The average Bonchev–Trinajstić information content (AvgIpc) is 2.41. The molecule has 0 saturated carbocycles. The summed E-state index contributed by atoms with van der Waals surface area (Å²) in [5, 5.41) is 8.89. The van der Waals surface area contributed by atoms with Gasteiger partial charge in [0, 0.05) is 4.47 Å². The summed E-state index contributed by atoms with van der Waals surface area (Å²) in [4.78, 5) is 0. The van der Waals surface area contributed by atoms with E-state index in [1.54, 1.807) is 12.1 Å². The third-order valence-electron chi connectivity index (χ3n) is 2.95. The third-order valence-corrected chi connectivity index (χ3v) is 3.61. The fourth-order valence-electron chi connectivity index (χ4n) is 1.75. The molecule has 0 fully saturated rings. The van der Waals surface area contributed by atoms with Gasteiger partial charge in [-0.2, -0.15) is 5.26 Å². The molecule has 0 spiro atoms. The summed E-state index contributed by atoms with van der Waals surface area (Å²) < 4.78 is 6.64. The lowest BCUT2D eigenvalue weighted by atomic mass is 10.1. The molecule has 0 aromatic heterocycles. The molecule has 0 N–H and O–H groups in total. The van der Waals surface area contributed by atoms with Crippen molar-refractivity contribution in [3.05, 3.63) is 57.6 Å². The van der Waals surface area contributed by atoms with Crippen LogP contribution in [0, 0.1) is 18.3 Å². The van der Waals surface area contributed by atoms with Gasteiger partial charge in [0.15, 0.2) is 0 Å². The summed E-state index contributed by atoms with van der Waals surface area (Å²) in [7, 11) is 0. The molecule has 0 amide bonds. The molecule has 2 aromatic carbocycles. The Kier molecular flexibility index (Phi) is 4.24. The van der Waals surface area contributed by atoms with Gasteiger partial charge in [0.2, 0.25) is 0 Å². The van der Waals surface area contributed by atoms with Crippen molar-refractivity contribution in [3.8, 4) is 17.6 Å². The van der Waals surface area contributed by atoms with E-state index in [1.165, 1.54) is 5.56 Å². The molecule has 0 aliphatic carbocycles. The standard InChI is InChI=1S/C16H14BrNO/c1-3-12-5-4-11(2)16(8-12)19-14-7-6-13(10-18)15(17)9-14/h4-9H,3H2,1-2H3. The minimum atomic E-state index is 0.603. The van der Waals surface area contributed by atoms with E-state index in [0.29, 0.717) is 5.56 Å². The Labute approximate surface area is 121 Å². The van der Waals surface area contributed by atoms with Gasteiger partial charge in [-0.3, -0.25) is 0 Å². The first-order valence-electron chi connectivity index (χ1n) is 6.11. The topological polar surface area (TPSA) is 33.0 Å². The highest BCUT2D eigenvalue weighted by Gasteiger charge is 2.05. The predicted molar refractivity (Wildman–Crippen MR) is 79.5 cm³/mol. The Morgan fingerprint density at radius 3 is 2.63 bits per heavy atom. The van der Waals surface area contributed by atoms with Gasteiger partial charge in [-0.25, -0.2) is 0 Å². The molecule has 0 atom stereocenters. The number of hydrogen-bond donors (Lipinski definition) is 0. The molecule has 0 unspecified atom stereocenters. The first kappa shape index (κ1) is 13.6. The second-order valence-corrected chi connectivity index (χ2v) is 5.16. The maximum Gasteiger partial charge on any atom is 0.130 e. The van der Waals surface area contributed by atoms with Gasteiger partial charge in [0.25, 0.3) is 0 Å². The van der Waals surface area contributed by atoms with Crippen molar-refractivity contribution in [3.63, 3.8) is 0 Å². The van der Waals surface area contributed by atoms with E-state index >= 15 is 0 Å². The predicted octanol–water partition coefficient (Wildman–Crippen LogP) is 4.98. The fraction of sp³-hybridized carbons (Fsp3) is 0.188. The Balaban J connectivity index is 2.31. The number of rotatable bonds is 3. The largest absolute Gasteiger partial charge is 0.457 e. The van der Waals surface area contributed by atoms with Gasteiger partial charge in [0.05, 0.1) is 5.56 Å². The van der Waals surface area contributed by atoms with Gasteiger partial charge >= 0.3 is 0 Å². The molecule has 2 aromatic rings. The van der Waals surface area contributed by atoms with Gasteiger partial charge < -0.3 is 4.74 Å². The zero-order valence-electron chi connectivity index (χ0n) is 10.9. The summed E-state index contributed by atoms with van der Waals surface area (Å²) in [5.74, 6) is 1.58. The van der Waals surface area contributed by atoms with Crippen LogP contribution in [-0.2, 0) is 6.42 Å². The normalized spacial score (nSPS) is 10.0. The van der Waals surface area contributed by atoms with E-state index in [9.17, 15) is 0 Å². The lowest BCUT2D eigenvalue weighted by molar-refractivity contribution is 0.478. The number of aryl methyl sites for hydroxylation is 2. The average molecular weight is 316 g/mol. The van der Waals surface area contributed by atoms with E-state index in [1.807, 2.05) is 13.0 Å². The van der Waals surface area contributed by atoms with Crippen molar-refractivity contribution in [2.45, 2.75) is 20.3 Å². The summed E-state index contributed by atoms with van der Waals surface area (Å²) in [6.45, 7) is 4.14. The molecule has 0 heterocycles. The summed E-state index contributed by atoms with van der Waals surface area (Å²) in [6, 6.07) is 13.7. The number of benzene rings is 2. The number of nitrogens with zero attached hydrogens (tertiary/aromatic N) is 1. The van der Waals surface area contributed by atoms with Crippen molar-refractivity contribution in [1.29, 1.82) is 5.26 Å². The zero-order valence-corrected chi connectivity index (χ0v) is 12.5. The molecule has 0 aliphatic rings. The van der Waals surface area contributed by atoms with Crippen LogP contribution in [0.3, 0.4) is 0 Å². The molecule has 0 saturated heterocycles. The Hall–Kier alpha value is -1.79. The summed E-state index contributed by atoms with van der Waals surface area (Å²) in [5.41, 5.74) is 2.94. The number of ether oxygens (including phenoxy) is 1. The number of nitriles is 1. The lowest BCUT2D eigenvalue weighted by Gasteiger charge is -2.10. The zero-order chi connectivity index (χ0) is 13.8. The van der Waals surface area contributed by atoms with Crippen molar-refractivity contribution in [2.75, 3.05) is 0 Å². The van der Waals surface area contributed by atoms with Gasteiger partial charge in [-0.1, -0.05) is 19.1 Å². The van der Waals surface area contributed by atoms with Crippen LogP contribution in [-0.4, -0.2) is 0 Å². The minimum Gasteiger partial charge on any atom is -0.457 e. The maximum absolute atomic E-state index is 8.89. The second kappa shape index (κ2) is 5.90. The van der Waals surface area contributed by atoms with Crippen molar-refractivity contribution in [2.24, 2.45) is 0 Å². The highest BCUT2D eigenvalue weighted by Crippen LogP contribution is 2.29. The van der Waals surface area contributed by atoms with E-state index in [-0.39, 0.29) is 0 Å². The Morgan fingerprint density at radius 2 is 2.00 bits per heavy atom. The maximum atomic E-state index is 8.89. The SMILES string of the molecule is CCc1ccc(C)c(Oc2ccc(C#N)c(Br)c2)c1. The number of halogens is 1. The molecule has 96 valence electrons. The molecule has 2 nitrogen and oxygen atoms in total. The van der Waals surface area contributed by atoms with Crippen LogP contribution in [0.2, 0.25) is 0 Å². The van der Waals surface area contributed by atoms with Crippen LogP contribution in [0.25, 0.3) is 0 Å². The van der Waals surface area contributed by atoms with E-state index in [0.717, 1.165) is 28.0 Å². The van der Waals surface area contributed by atoms with Crippen LogP contribution < -0.4 is 4.74 Å². The van der Waals surface area contributed by atoms with Crippen LogP contribution in [0.5, 0.6) is 11.5 Å². The molecule has 3 heteroatoms. The second-order valence-electron chi connectivity index (χ2n) is 4.31. The van der Waals surface area contributed by atoms with Crippen molar-refractivity contribution >= 4 is 15.9 Å². The van der Waals surface area contributed by atoms with Gasteiger partial charge in [-0.05, 0) is 64.7 Å². The quantitative estimate of drug-likeness (QED) is 0.799. The highest BCUT2D eigenvalue weighted by atomic mass is 79.9. The van der Waals surface area contributed by atoms with E-state index in [4.69, 9.17) is 10.00 Å². The smallest absolute Gasteiger partial charge is 0.130 e. The first-order chi connectivity index (χ1) is 9.13.